The Kier molecular flexibility index (Phi) is 4.23. The maximum Gasteiger partial charge on any atom is 0.0217 e. The Morgan fingerprint density at radius 2 is 2.18 bits per heavy atom. The fourth-order valence-electron chi connectivity index (χ4n) is 2.26. The molecule has 1 heterocycles. The Labute approximate surface area is 109 Å². The minimum atomic E-state index is 0.641. The zero-order valence-corrected chi connectivity index (χ0v) is 12.2. The van der Waals surface area contributed by atoms with Crippen molar-refractivity contribution in [3.05, 3.63) is 21.4 Å². The number of nitrogens with one attached hydrogen (secondary N) is 1. The molecule has 0 spiro atoms. The van der Waals surface area contributed by atoms with Crippen LogP contribution in [0.25, 0.3) is 0 Å². The van der Waals surface area contributed by atoms with Crippen molar-refractivity contribution in [1.29, 1.82) is 0 Å². The third-order valence-corrected chi connectivity index (χ3v) is 4.73. The van der Waals surface area contributed by atoms with Gasteiger partial charge in [-0.05, 0) is 52.3 Å². The summed E-state index contributed by atoms with van der Waals surface area (Å²) in [5, 5.41) is 3.58. The molecule has 1 aromatic heterocycles. The highest BCUT2D eigenvalue weighted by molar-refractivity contribution is 7.12. The molecule has 3 heteroatoms. The van der Waals surface area contributed by atoms with E-state index in [2.05, 4.69) is 44.1 Å². The number of aryl methyl sites for hydroxylation is 2. The molecule has 0 saturated heterocycles. The van der Waals surface area contributed by atoms with Crippen LogP contribution in [-0.2, 0) is 6.54 Å². The molecule has 0 radical (unpaired) electrons. The van der Waals surface area contributed by atoms with Crippen molar-refractivity contribution >= 4 is 11.3 Å². The van der Waals surface area contributed by atoms with Crippen LogP contribution < -0.4 is 5.32 Å². The second kappa shape index (κ2) is 5.51. The second-order valence-electron chi connectivity index (χ2n) is 5.32. The number of hydrogen-bond acceptors (Lipinski definition) is 3. The van der Waals surface area contributed by atoms with Crippen molar-refractivity contribution in [2.24, 2.45) is 0 Å². The molecular weight excluding hydrogens is 228 g/mol. The molecule has 1 saturated carbocycles. The van der Waals surface area contributed by atoms with Crippen LogP contribution in [0.15, 0.2) is 6.07 Å². The lowest BCUT2D eigenvalue weighted by molar-refractivity contribution is 0.241. The molecule has 0 amide bonds. The average Bonchev–Trinajstić information content (AvgIpc) is 3.05. The van der Waals surface area contributed by atoms with Gasteiger partial charge in [-0.25, -0.2) is 0 Å². The fourth-order valence-corrected chi connectivity index (χ4v) is 3.21. The van der Waals surface area contributed by atoms with Crippen molar-refractivity contribution in [2.75, 3.05) is 13.6 Å². The summed E-state index contributed by atoms with van der Waals surface area (Å²) in [7, 11) is 2.25. The minimum absolute atomic E-state index is 0.641. The van der Waals surface area contributed by atoms with Crippen molar-refractivity contribution in [2.45, 2.75) is 52.2 Å². The number of likely N-dealkylation sites (N-methyl/N-ethyl adjacent to an activating group) is 1. The molecule has 0 aromatic carbocycles. The normalized spacial score (nSPS) is 17.7. The van der Waals surface area contributed by atoms with Gasteiger partial charge in [0.2, 0.25) is 0 Å². The molecule has 1 N–H and O–H groups in total. The van der Waals surface area contributed by atoms with Gasteiger partial charge >= 0.3 is 0 Å². The van der Waals surface area contributed by atoms with E-state index in [1.54, 1.807) is 0 Å². The van der Waals surface area contributed by atoms with E-state index in [0.29, 0.717) is 6.04 Å². The Hall–Kier alpha value is -0.380. The van der Waals surface area contributed by atoms with Gasteiger partial charge in [-0.15, -0.1) is 11.3 Å². The first-order chi connectivity index (χ1) is 8.08. The summed E-state index contributed by atoms with van der Waals surface area (Å²) in [4.78, 5) is 5.39. The number of nitrogens with zero attached hydrogens (tertiary/aromatic N) is 1. The Balaban J connectivity index is 1.73. The van der Waals surface area contributed by atoms with Gasteiger partial charge in [-0.1, -0.05) is 0 Å². The molecule has 1 aromatic rings. The van der Waals surface area contributed by atoms with Crippen molar-refractivity contribution in [3.8, 4) is 0 Å². The molecule has 17 heavy (non-hydrogen) atoms. The van der Waals surface area contributed by atoms with Gasteiger partial charge in [0.05, 0.1) is 0 Å². The van der Waals surface area contributed by atoms with Gasteiger partial charge in [-0.3, -0.25) is 4.90 Å². The van der Waals surface area contributed by atoms with Crippen LogP contribution in [0.1, 0.15) is 35.1 Å². The van der Waals surface area contributed by atoms with Gasteiger partial charge < -0.3 is 5.32 Å². The lowest BCUT2D eigenvalue weighted by Gasteiger charge is -2.24. The van der Waals surface area contributed by atoms with E-state index in [1.807, 2.05) is 11.3 Å². The first-order valence-corrected chi connectivity index (χ1v) is 7.38. The smallest absolute Gasteiger partial charge is 0.0217 e. The van der Waals surface area contributed by atoms with Crippen molar-refractivity contribution in [1.82, 2.24) is 10.2 Å². The zero-order valence-electron chi connectivity index (χ0n) is 11.4. The quantitative estimate of drug-likeness (QED) is 0.837. The summed E-state index contributed by atoms with van der Waals surface area (Å²) in [5.74, 6) is 0. The van der Waals surface area contributed by atoms with Crippen LogP contribution in [-0.4, -0.2) is 30.6 Å². The summed E-state index contributed by atoms with van der Waals surface area (Å²) in [6.07, 6.45) is 2.79. The van der Waals surface area contributed by atoms with Crippen molar-refractivity contribution < 1.29 is 0 Å². The van der Waals surface area contributed by atoms with Gasteiger partial charge in [0.25, 0.3) is 0 Å². The molecule has 1 atom stereocenters. The van der Waals surface area contributed by atoms with Gasteiger partial charge in [0.15, 0.2) is 0 Å². The highest BCUT2D eigenvalue weighted by atomic mass is 32.1. The molecule has 1 unspecified atom stereocenters. The molecule has 0 aliphatic heterocycles. The van der Waals surface area contributed by atoms with E-state index in [9.17, 15) is 0 Å². The van der Waals surface area contributed by atoms with E-state index in [-0.39, 0.29) is 0 Å². The topological polar surface area (TPSA) is 15.3 Å². The molecule has 1 fully saturated rings. The second-order valence-corrected chi connectivity index (χ2v) is 6.78. The van der Waals surface area contributed by atoms with Crippen LogP contribution in [0, 0.1) is 13.8 Å². The molecule has 1 aliphatic rings. The third kappa shape index (κ3) is 3.54. The Bertz CT molecular complexity index is 368. The summed E-state index contributed by atoms with van der Waals surface area (Å²) in [5.41, 5.74) is 1.47. The van der Waals surface area contributed by atoms with E-state index in [1.165, 1.54) is 28.2 Å². The maximum atomic E-state index is 3.58. The highest BCUT2D eigenvalue weighted by Crippen LogP contribution is 2.26. The predicted molar refractivity (Wildman–Crippen MR) is 75.7 cm³/mol. The van der Waals surface area contributed by atoms with Crippen LogP contribution in [0.2, 0.25) is 0 Å². The molecule has 0 bridgehead atoms. The third-order valence-electron chi connectivity index (χ3n) is 3.72. The van der Waals surface area contributed by atoms with E-state index in [4.69, 9.17) is 0 Å². The Morgan fingerprint density at radius 3 is 2.71 bits per heavy atom. The SMILES string of the molecule is Cc1cc(CNCC(C)N(C)C2CC2)c(C)s1. The van der Waals surface area contributed by atoms with Crippen LogP contribution in [0.5, 0.6) is 0 Å². The lowest BCUT2D eigenvalue weighted by Crippen LogP contribution is -2.38. The number of hydrogen-bond donors (Lipinski definition) is 1. The van der Waals surface area contributed by atoms with Crippen molar-refractivity contribution in [3.63, 3.8) is 0 Å². The molecule has 96 valence electrons. The molecule has 1 aliphatic carbocycles. The number of rotatable bonds is 6. The summed E-state index contributed by atoms with van der Waals surface area (Å²) >= 11 is 1.90. The molecule has 2 rings (SSSR count). The van der Waals surface area contributed by atoms with Gasteiger partial charge in [0, 0.05) is 34.9 Å². The van der Waals surface area contributed by atoms with E-state index < -0.39 is 0 Å². The maximum absolute atomic E-state index is 3.58. The van der Waals surface area contributed by atoms with Crippen LogP contribution in [0.3, 0.4) is 0 Å². The summed E-state index contributed by atoms with van der Waals surface area (Å²) < 4.78 is 0. The highest BCUT2D eigenvalue weighted by Gasteiger charge is 2.28. The van der Waals surface area contributed by atoms with E-state index >= 15 is 0 Å². The predicted octanol–water partition coefficient (Wildman–Crippen LogP) is 2.94. The fraction of sp³-hybridized carbons (Fsp3) is 0.714. The standard InChI is InChI=1S/C14H24N2S/c1-10(16(4)14-5-6-14)8-15-9-13-7-11(2)17-12(13)3/h7,10,14-15H,5-6,8-9H2,1-4H3. The number of thiophene rings is 1. The first kappa shape index (κ1) is 13.1. The van der Waals surface area contributed by atoms with Gasteiger partial charge in [0.1, 0.15) is 0 Å². The molecule has 2 nitrogen and oxygen atoms in total. The zero-order chi connectivity index (χ0) is 12.4. The molecular formula is C14H24N2S. The van der Waals surface area contributed by atoms with Crippen LogP contribution >= 0.6 is 11.3 Å². The van der Waals surface area contributed by atoms with E-state index in [0.717, 1.165) is 19.1 Å². The Morgan fingerprint density at radius 1 is 1.47 bits per heavy atom. The first-order valence-electron chi connectivity index (χ1n) is 6.56. The average molecular weight is 252 g/mol. The monoisotopic (exact) mass is 252 g/mol. The minimum Gasteiger partial charge on any atom is -0.311 e. The summed E-state index contributed by atoms with van der Waals surface area (Å²) in [6.45, 7) is 8.82. The largest absolute Gasteiger partial charge is 0.311 e. The van der Waals surface area contributed by atoms with Gasteiger partial charge in [-0.2, -0.15) is 0 Å². The van der Waals surface area contributed by atoms with Crippen LogP contribution in [0.4, 0.5) is 0 Å². The summed E-state index contributed by atoms with van der Waals surface area (Å²) in [6, 6.07) is 3.81. The lowest BCUT2D eigenvalue weighted by atomic mass is 10.2.